The van der Waals surface area contributed by atoms with Crippen molar-refractivity contribution in [1.82, 2.24) is 4.90 Å². The number of amides is 1. The topological polar surface area (TPSA) is 81.6 Å². The molecule has 2 rings (SSSR count). The second-order valence-electron chi connectivity index (χ2n) is 5.65. The molecule has 0 radical (unpaired) electrons. The van der Waals surface area contributed by atoms with E-state index in [1.54, 1.807) is 0 Å². The van der Waals surface area contributed by atoms with Crippen LogP contribution < -0.4 is 16.2 Å². The number of carbonyl (C=O) groups is 1. The van der Waals surface area contributed by atoms with Crippen LogP contribution in [0.4, 0.5) is 5.69 Å². The second-order valence-corrected chi connectivity index (χ2v) is 5.65. The molecule has 0 aromatic heterocycles. The number of ether oxygens (including phenoxy) is 1. The molecule has 116 valence electrons. The molecule has 1 fully saturated rings. The Bertz CT molecular complexity index is 441. The zero-order chi connectivity index (χ0) is 15.1. The van der Waals surface area contributed by atoms with E-state index in [0.717, 1.165) is 24.4 Å². The highest BCUT2D eigenvalue weighted by molar-refractivity contribution is 5.75. The van der Waals surface area contributed by atoms with Crippen LogP contribution in [0.25, 0.3) is 0 Å². The van der Waals surface area contributed by atoms with Gasteiger partial charge in [-0.25, -0.2) is 0 Å². The summed E-state index contributed by atoms with van der Waals surface area (Å²) in [5.74, 6) is 0.577. The highest BCUT2D eigenvalue weighted by Gasteiger charge is 2.23. The number of anilines is 1. The maximum atomic E-state index is 11.2. The number of nitrogens with zero attached hydrogens (tertiary/aromatic N) is 1. The Morgan fingerprint density at radius 3 is 2.52 bits per heavy atom. The molecule has 1 saturated carbocycles. The molecule has 1 aliphatic rings. The summed E-state index contributed by atoms with van der Waals surface area (Å²) in [5, 5.41) is 0. The molecule has 1 aromatic rings. The third kappa shape index (κ3) is 5.27. The first-order valence-electron chi connectivity index (χ1n) is 7.66. The summed E-state index contributed by atoms with van der Waals surface area (Å²) in [6.45, 7) is 1.83. The van der Waals surface area contributed by atoms with Gasteiger partial charge in [0.05, 0.1) is 13.2 Å². The first-order chi connectivity index (χ1) is 10.1. The van der Waals surface area contributed by atoms with E-state index in [0.29, 0.717) is 19.2 Å². The predicted molar refractivity (Wildman–Crippen MR) is 84.0 cm³/mol. The van der Waals surface area contributed by atoms with Crippen LogP contribution in [0, 0.1) is 0 Å². The lowest BCUT2D eigenvalue weighted by molar-refractivity contribution is -0.119. The summed E-state index contributed by atoms with van der Waals surface area (Å²) in [5.41, 5.74) is 11.7. The molecule has 0 saturated heterocycles. The fraction of sp³-hybridized carbons (Fsp3) is 0.562. The molecule has 5 heteroatoms. The first-order valence-corrected chi connectivity index (χ1v) is 7.66. The van der Waals surface area contributed by atoms with Gasteiger partial charge in [0.15, 0.2) is 0 Å². The van der Waals surface area contributed by atoms with Gasteiger partial charge in [-0.1, -0.05) is 12.8 Å². The number of primary amides is 1. The van der Waals surface area contributed by atoms with Crippen LogP contribution in [0.1, 0.15) is 32.1 Å². The quantitative estimate of drug-likeness (QED) is 0.565. The Kier molecular flexibility index (Phi) is 5.87. The predicted octanol–water partition coefficient (Wildman–Crippen LogP) is 1.77. The molecule has 0 unspecified atom stereocenters. The molecular weight excluding hydrogens is 266 g/mol. The number of nitrogens with two attached hydrogens (primary N) is 2. The fourth-order valence-electron chi connectivity index (χ4n) is 2.88. The molecular formula is C16H25N3O2. The molecule has 1 amide bonds. The maximum Gasteiger partial charge on any atom is 0.231 e. The van der Waals surface area contributed by atoms with Crippen molar-refractivity contribution in [3.63, 3.8) is 0 Å². The minimum atomic E-state index is -0.249. The summed E-state index contributed by atoms with van der Waals surface area (Å²) in [4.78, 5) is 13.4. The summed E-state index contributed by atoms with van der Waals surface area (Å²) in [6, 6.07) is 7.90. The van der Waals surface area contributed by atoms with Crippen molar-refractivity contribution in [3.8, 4) is 5.75 Å². The number of benzene rings is 1. The van der Waals surface area contributed by atoms with Gasteiger partial charge in [-0.2, -0.15) is 0 Å². The molecule has 4 N–H and O–H groups in total. The van der Waals surface area contributed by atoms with Crippen molar-refractivity contribution in [2.45, 2.75) is 38.1 Å². The average Bonchev–Trinajstić information content (AvgIpc) is 2.98. The summed E-state index contributed by atoms with van der Waals surface area (Å²) >= 11 is 0. The van der Waals surface area contributed by atoms with Gasteiger partial charge in [0.1, 0.15) is 5.75 Å². The van der Waals surface area contributed by atoms with Crippen molar-refractivity contribution < 1.29 is 9.53 Å². The largest absolute Gasteiger partial charge is 0.494 e. The van der Waals surface area contributed by atoms with E-state index >= 15 is 0 Å². The van der Waals surface area contributed by atoms with E-state index in [9.17, 15) is 4.79 Å². The highest BCUT2D eigenvalue weighted by atomic mass is 16.5. The van der Waals surface area contributed by atoms with Gasteiger partial charge >= 0.3 is 0 Å². The molecule has 0 bridgehead atoms. The normalized spacial score (nSPS) is 15.5. The lowest BCUT2D eigenvalue weighted by atomic mass is 10.2. The number of nitrogen functional groups attached to an aromatic ring is 1. The average molecular weight is 291 g/mol. The lowest BCUT2D eigenvalue weighted by Gasteiger charge is -2.27. The van der Waals surface area contributed by atoms with Crippen LogP contribution in [-0.2, 0) is 4.79 Å². The number of rotatable bonds is 8. The Balaban J connectivity index is 1.73. The lowest BCUT2D eigenvalue weighted by Crippen LogP contribution is -2.41. The molecule has 21 heavy (non-hydrogen) atoms. The molecule has 0 heterocycles. The zero-order valence-corrected chi connectivity index (χ0v) is 12.5. The summed E-state index contributed by atoms with van der Waals surface area (Å²) in [7, 11) is 0. The minimum Gasteiger partial charge on any atom is -0.494 e. The van der Waals surface area contributed by atoms with Gasteiger partial charge in [0.2, 0.25) is 5.91 Å². The van der Waals surface area contributed by atoms with Gasteiger partial charge in [-0.05, 0) is 43.5 Å². The molecule has 0 atom stereocenters. The second kappa shape index (κ2) is 7.88. The van der Waals surface area contributed by atoms with Gasteiger partial charge in [-0.15, -0.1) is 0 Å². The standard InChI is InChI=1S/C16H25N3O2/c17-13-6-8-15(9-7-13)21-11-3-10-19(12-16(18)20)14-4-1-2-5-14/h6-9,14H,1-5,10-12,17H2,(H2,18,20). The van der Waals surface area contributed by atoms with E-state index in [2.05, 4.69) is 4.90 Å². The Labute approximate surface area is 126 Å². The van der Waals surface area contributed by atoms with E-state index in [4.69, 9.17) is 16.2 Å². The van der Waals surface area contributed by atoms with Crippen molar-refractivity contribution in [2.24, 2.45) is 5.73 Å². The van der Waals surface area contributed by atoms with Crippen molar-refractivity contribution in [3.05, 3.63) is 24.3 Å². The van der Waals surface area contributed by atoms with Crippen LogP contribution in [0.3, 0.4) is 0 Å². The van der Waals surface area contributed by atoms with Crippen molar-refractivity contribution >= 4 is 11.6 Å². The fourth-order valence-corrected chi connectivity index (χ4v) is 2.88. The van der Waals surface area contributed by atoms with Crippen molar-refractivity contribution in [1.29, 1.82) is 0 Å². The van der Waals surface area contributed by atoms with E-state index in [1.165, 1.54) is 25.7 Å². The minimum absolute atomic E-state index is 0.249. The molecule has 1 aromatic carbocycles. The Hall–Kier alpha value is -1.75. The number of hydrogen-bond donors (Lipinski definition) is 2. The van der Waals surface area contributed by atoms with E-state index < -0.39 is 0 Å². The third-order valence-electron chi connectivity index (χ3n) is 3.94. The SMILES string of the molecule is NC(=O)CN(CCCOc1ccc(N)cc1)C1CCCC1. The van der Waals surface area contributed by atoms with Crippen LogP contribution in [0.15, 0.2) is 24.3 Å². The smallest absolute Gasteiger partial charge is 0.231 e. The first kappa shape index (κ1) is 15.6. The van der Waals surface area contributed by atoms with Crippen LogP contribution in [0.5, 0.6) is 5.75 Å². The number of carbonyl (C=O) groups excluding carboxylic acids is 1. The van der Waals surface area contributed by atoms with Gasteiger partial charge < -0.3 is 16.2 Å². The zero-order valence-electron chi connectivity index (χ0n) is 12.5. The molecule has 1 aliphatic carbocycles. The maximum absolute atomic E-state index is 11.2. The number of hydrogen-bond acceptors (Lipinski definition) is 4. The summed E-state index contributed by atoms with van der Waals surface area (Å²) in [6.07, 6.45) is 5.73. The monoisotopic (exact) mass is 291 g/mol. The van der Waals surface area contributed by atoms with Gasteiger partial charge in [-0.3, -0.25) is 9.69 Å². The van der Waals surface area contributed by atoms with Crippen LogP contribution in [0.2, 0.25) is 0 Å². The Morgan fingerprint density at radius 2 is 1.90 bits per heavy atom. The van der Waals surface area contributed by atoms with Crippen molar-refractivity contribution in [2.75, 3.05) is 25.4 Å². The van der Waals surface area contributed by atoms with Gasteiger partial charge in [0.25, 0.3) is 0 Å². The Morgan fingerprint density at radius 1 is 1.24 bits per heavy atom. The summed E-state index contributed by atoms with van der Waals surface area (Å²) < 4.78 is 5.68. The van der Waals surface area contributed by atoms with Gasteiger partial charge in [0, 0.05) is 18.3 Å². The third-order valence-corrected chi connectivity index (χ3v) is 3.94. The van der Waals surface area contributed by atoms with E-state index in [-0.39, 0.29) is 5.91 Å². The molecule has 0 aliphatic heterocycles. The van der Waals surface area contributed by atoms with Crippen LogP contribution >= 0.6 is 0 Å². The molecule has 5 nitrogen and oxygen atoms in total. The highest BCUT2D eigenvalue weighted by Crippen LogP contribution is 2.23. The van der Waals surface area contributed by atoms with E-state index in [1.807, 2.05) is 24.3 Å². The van der Waals surface area contributed by atoms with Crippen LogP contribution in [-0.4, -0.2) is 36.5 Å². The molecule has 0 spiro atoms.